The van der Waals surface area contributed by atoms with Crippen molar-refractivity contribution < 1.29 is 14.3 Å². The van der Waals surface area contributed by atoms with Crippen molar-refractivity contribution in [3.05, 3.63) is 35.4 Å². The lowest BCUT2D eigenvalue weighted by Crippen LogP contribution is -2.51. The molecule has 1 aromatic rings. The van der Waals surface area contributed by atoms with E-state index in [1.807, 2.05) is 31.2 Å². The number of amides is 1. The summed E-state index contributed by atoms with van der Waals surface area (Å²) < 4.78 is 4.85. The summed E-state index contributed by atoms with van der Waals surface area (Å²) in [5.74, 6) is -0.605. The van der Waals surface area contributed by atoms with Crippen molar-refractivity contribution in [2.24, 2.45) is 11.8 Å². The fourth-order valence-electron chi connectivity index (χ4n) is 2.37. The van der Waals surface area contributed by atoms with Crippen molar-refractivity contribution in [3.63, 3.8) is 0 Å². The molecule has 1 aromatic carbocycles. The zero-order valence-electron chi connectivity index (χ0n) is 12.9. The van der Waals surface area contributed by atoms with Crippen LogP contribution in [-0.2, 0) is 20.7 Å². The quantitative estimate of drug-likeness (QED) is 0.768. The van der Waals surface area contributed by atoms with E-state index in [0.717, 1.165) is 11.1 Å². The van der Waals surface area contributed by atoms with Gasteiger partial charge in [-0.25, -0.2) is 0 Å². The average molecular weight is 327 g/mol. The molecule has 1 amide bonds. The first kappa shape index (κ1) is 18.5. The third-order valence-electron chi connectivity index (χ3n) is 3.77. The molecule has 0 saturated carbocycles. The minimum absolute atomic E-state index is 0. The van der Waals surface area contributed by atoms with E-state index in [1.54, 1.807) is 0 Å². The molecule has 5 nitrogen and oxygen atoms in total. The molecule has 1 atom stereocenters. The second-order valence-electron chi connectivity index (χ2n) is 5.51. The molecular formula is C16H23ClN2O3. The van der Waals surface area contributed by atoms with E-state index in [0.29, 0.717) is 26.1 Å². The summed E-state index contributed by atoms with van der Waals surface area (Å²) in [5.41, 5.74) is 2.23. The van der Waals surface area contributed by atoms with Gasteiger partial charge in [0.05, 0.1) is 18.9 Å². The van der Waals surface area contributed by atoms with Gasteiger partial charge in [0.1, 0.15) is 0 Å². The minimum atomic E-state index is -0.353. The Kier molecular flexibility index (Phi) is 7.35. The Hall–Kier alpha value is -1.59. The van der Waals surface area contributed by atoms with Crippen molar-refractivity contribution in [1.82, 2.24) is 10.6 Å². The molecule has 1 heterocycles. The van der Waals surface area contributed by atoms with Crippen LogP contribution in [0.2, 0.25) is 0 Å². The molecule has 122 valence electrons. The van der Waals surface area contributed by atoms with Crippen LogP contribution in [0.3, 0.4) is 0 Å². The van der Waals surface area contributed by atoms with Crippen molar-refractivity contribution in [2.45, 2.75) is 13.3 Å². The smallest absolute Gasteiger partial charge is 0.310 e. The van der Waals surface area contributed by atoms with Gasteiger partial charge in [0.15, 0.2) is 0 Å². The fourth-order valence-corrected chi connectivity index (χ4v) is 2.37. The van der Waals surface area contributed by atoms with Gasteiger partial charge in [0.2, 0.25) is 5.91 Å². The third kappa shape index (κ3) is 5.00. The maximum Gasteiger partial charge on any atom is 0.310 e. The molecule has 1 unspecified atom stereocenters. The van der Waals surface area contributed by atoms with E-state index < -0.39 is 0 Å². The molecule has 0 aromatic heterocycles. The molecule has 1 saturated heterocycles. The highest BCUT2D eigenvalue weighted by Gasteiger charge is 2.27. The third-order valence-corrected chi connectivity index (χ3v) is 3.77. The van der Waals surface area contributed by atoms with Gasteiger partial charge >= 0.3 is 5.97 Å². The summed E-state index contributed by atoms with van der Waals surface area (Å²) in [4.78, 5) is 23.7. The number of ether oxygens (including phenoxy) is 1. The molecule has 1 aliphatic rings. The highest BCUT2D eigenvalue weighted by Crippen LogP contribution is 2.12. The van der Waals surface area contributed by atoms with Gasteiger partial charge < -0.3 is 15.4 Å². The Bertz CT molecular complexity index is 518. The van der Waals surface area contributed by atoms with E-state index in [1.165, 1.54) is 7.11 Å². The molecule has 22 heavy (non-hydrogen) atoms. The van der Waals surface area contributed by atoms with Gasteiger partial charge in [-0.3, -0.25) is 9.59 Å². The SMILES string of the molecule is COC(=O)C(CNC(=O)C1CNC1)Cc1cccc(C)c1.Cl. The molecule has 1 fully saturated rings. The Morgan fingerprint density at radius 1 is 1.41 bits per heavy atom. The first-order valence-corrected chi connectivity index (χ1v) is 7.22. The lowest BCUT2D eigenvalue weighted by molar-refractivity contribution is -0.145. The van der Waals surface area contributed by atoms with Crippen LogP contribution < -0.4 is 10.6 Å². The molecule has 1 aliphatic heterocycles. The Labute approximate surface area is 137 Å². The number of carbonyl (C=O) groups excluding carboxylic acids is 2. The molecule has 0 bridgehead atoms. The maximum absolute atomic E-state index is 11.9. The topological polar surface area (TPSA) is 67.4 Å². The van der Waals surface area contributed by atoms with Crippen LogP contribution in [-0.4, -0.2) is 38.6 Å². The number of aryl methyl sites for hydroxylation is 1. The van der Waals surface area contributed by atoms with Gasteiger partial charge in [-0.15, -0.1) is 12.4 Å². The Balaban J connectivity index is 0.00000242. The van der Waals surface area contributed by atoms with Crippen molar-refractivity contribution in [1.29, 1.82) is 0 Å². The molecule has 6 heteroatoms. The fraction of sp³-hybridized carbons (Fsp3) is 0.500. The van der Waals surface area contributed by atoms with Crippen LogP contribution >= 0.6 is 12.4 Å². The Morgan fingerprint density at radius 2 is 2.14 bits per heavy atom. The molecular weight excluding hydrogens is 304 g/mol. The summed E-state index contributed by atoms with van der Waals surface area (Å²) in [5, 5.41) is 5.91. The summed E-state index contributed by atoms with van der Waals surface area (Å²) in [6, 6.07) is 8.02. The number of rotatable bonds is 6. The number of hydrogen-bond donors (Lipinski definition) is 2. The largest absolute Gasteiger partial charge is 0.469 e. The van der Waals surface area contributed by atoms with Crippen LogP contribution in [0.4, 0.5) is 0 Å². The number of esters is 1. The summed E-state index contributed by atoms with van der Waals surface area (Å²) in [6.45, 7) is 3.76. The van der Waals surface area contributed by atoms with Gasteiger partial charge in [-0.2, -0.15) is 0 Å². The van der Waals surface area contributed by atoms with Gasteiger partial charge in [-0.1, -0.05) is 29.8 Å². The number of benzene rings is 1. The van der Waals surface area contributed by atoms with Crippen LogP contribution in [0.15, 0.2) is 24.3 Å². The monoisotopic (exact) mass is 326 g/mol. The van der Waals surface area contributed by atoms with E-state index >= 15 is 0 Å². The van der Waals surface area contributed by atoms with E-state index in [9.17, 15) is 9.59 Å². The van der Waals surface area contributed by atoms with Crippen molar-refractivity contribution in [3.8, 4) is 0 Å². The summed E-state index contributed by atoms with van der Waals surface area (Å²) in [6.07, 6.45) is 0.567. The molecule has 2 N–H and O–H groups in total. The van der Waals surface area contributed by atoms with E-state index in [2.05, 4.69) is 10.6 Å². The second-order valence-corrected chi connectivity index (χ2v) is 5.51. The summed E-state index contributed by atoms with van der Waals surface area (Å²) >= 11 is 0. The zero-order valence-corrected chi connectivity index (χ0v) is 13.7. The van der Waals surface area contributed by atoms with Crippen molar-refractivity contribution in [2.75, 3.05) is 26.7 Å². The zero-order chi connectivity index (χ0) is 15.2. The molecule has 0 spiro atoms. The second kappa shape index (κ2) is 8.76. The van der Waals surface area contributed by atoms with Crippen LogP contribution in [0.5, 0.6) is 0 Å². The molecule has 0 radical (unpaired) electrons. The predicted octanol–water partition coefficient (Wildman–Crippen LogP) is 1.08. The van der Waals surface area contributed by atoms with Crippen LogP contribution in [0.1, 0.15) is 11.1 Å². The number of methoxy groups -OCH3 is 1. The summed E-state index contributed by atoms with van der Waals surface area (Å²) in [7, 11) is 1.38. The standard InChI is InChI=1S/C16H22N2O3.ClH/c1-11-4-3-5-12(6-11)7-13(16(20)21-2)10-18-15(19)14-8-17-9-14;/h3-6,13-14,17H,7-10H2,1-2H3,(H,18,19);1H. The first-order chi connectivity index (χ1) is 10.1. The maximum atomic E-state index is 11.9. The van der Waals surface area contributed by atoms with Gasteiger partial charge in [-0.05, 0) is 18.9 Å². The van der Waals surface area contributed by atoms with Gasteiger partial charge in [0.25, 0.3) is 0 Å². The molecule has 0 aliphatic carbocycles. The average Bonchev–Trinajstić information content (AvgIpc) is 2.40. The predicted molar refractivity (Wildman–Crippen MR) is 87.0 cm³/mol. The van der Waals surface area contributed by atoms with Gasteiger partial charge in [0, 0.05) is 19.6 Å². The normalized spacial score (nSPS) is 15.2. The lowest BCUT2D eigenvalue weighted by atomic mass is 9.97. The number of nitrogens with one attached hydrogen (secondary N) is 2. The van der Waals surface area contributed by atoms with Crippen LogP contribution in [0, 0.1) is 18.8 Å². The minimum Gasteiger partial charge on any atom is -0.469 e. The van der Waals surface area contributed by atoms with Crippen LogP contribution in [0.25, 0.3) is 0 Å². The highest BCUT2D eigenvalue weighted by molar-refractivity contribution is 5.85. The Morgan fingerprint density at radius 3 is 2.68 bits per heavy atom. The molecule has 2 rings (SSSR count). The lowest BCUT2D eigenvalue weighted by Gasteiger charge is -2.26. The number of halogens is 1. The highest BCUT2D eigenvalue weighted by atomic mass is 35.5. The number of carbonyl (C=O) groups is 2. The van der Waals surface area contributed by atoms with E-state index in [4.69, 9.17) is 4.74 Å². The number of hydrogen-bond acceptors (Lipinski definition) is 4. The van der Waals surface area contributed by atoms with E-state index in [-0.39, 0.29) is 36.1 Å². The van der Waals surface area contributed by atoms with Crippen molar-refractivity contribution >= 4 is 24.3 Å². The first-order valence-electron chi connectivity index (χ1n) is 7.22.